The van der Waals surface area contributed by atoms with E-state index >= 15 is 0 Å². The van der Waals surface area contributed by atoms with Gasteiger partial charge >= 0.3 is 0 Å². The van der Waals surface area contributed by atoms with Crippen molar-refractivity contribution < 1.29 is 23.8 Å². The maximum absolute atomic E-state index is 12.9. The lowest BCUT2D eigenvalue weighted by Gasteiger charge is -2.43. The van der Waals surface area contributed by atoms with Crippen molar-refractivity contribution in [2.45, 2.75) is 273 Å². The molecule has 11 heteroatoms. The summed E-state index contributed by atoms with van der Waals surface area (Å²) >= 11 is 6.46. The zero-order valence-electron chi connectivity index (χ0n) is 49.7. The number of benzene rings is 4. The van der Waals surface area contributed by atoms with Crippen molar-refractivity contribution in [3.8, 4) is 23.0 Å². The molecule has 0 spiro atoms. The van der Waals surface area contributed by atoms with E-state index in [4.69, 9.17) is 13.6 Å². The second-order valence-electron chi connectivity index (χ2n) is 26.8. The largest absolute Gasteiger partial charge is 0.541 e. The zero-order valence-corrected chi connectivity index (χ0v) is 54.9. The molecule has 5 nitrogen and oxygen atoms in total. The Morgan fingerprint density at radius 2 is 0.562 bits per heavy atom. The summed E-state index contributed by atoms with van der Waals surface area (Å²) in [5.41, 5.74) is 5.76. The van der Waals surface area contributed by atoms with Crippen LogP contribution in [0.2, 0.25) is 33.2 Å². The Morgan fingerprint density at radius 1 is 0.370 bits per heavy atom. The van der Waals surface area contributed by atoms with Crippen LogP contribution in [0.5, 0.6) is 23.0 Å². The standard InChI is InChI=1S/C58H88O4S4Si2.C4H8O/c1-33(2)67(34(3)4,35(5)6)61-53-47-29-41(57(19,20)21)30-48(53)64-44-26-40(56(16,17)18)28-46(52(44)60)66-50-32-42(58(22,23)24)31-49(54(50)62-68(36(7)8,37(9)10)38(11)12)65-45-27-39(55(13,14)15)25-43(63-47)51(45)59;1-2-4-5-3-1/h25-38,59-60H,1-24H3;1-4H2. The molecule has 1 saturated heterocycles. The third kappa shape index (κ3) is 13.8. The van der Waals surface area contributed by atoms with Crippen LogP contribution in [0.4, 0.5) is 0 Å². The number of rotatable bonds is 10. The molecule has 73 heavy (non-hydrogen) atoms. The van der Waals surface area contributed by atoms with E-state index in [1.807, 2.05) is 0 Å². The van der Waals surface area contributed by atoms with E-state index in [-0.39, 0.29) is 33.2 Å². The molecule has 2 aliphatic heterocycles. The topological polar surface area (TPSA) is 68.2 Å². The number of aromatic hydroxyl groups is 2. The van der Waals surface area contributed by atoms with Crippen molar-refractivity contribution in [1.29, 1.82) is 0 Å². The summed E-state index contributed by atoms with van der Waals surface area (Å²) in [5, 5.41) is 25.9. The maximum Gasteiger partial charge on any atom is 0.258 e. The van der Waals surface area contributed by atoms with E-state index in [0.717, 1.165) is 75.0 Å². The van der Waals surface area contributed by atoms with Crippen LogP contribution in [0.3, 0.4) is 0 Å². The Labute approximate surface area is 464 Å². The van der Waals surface area contributed by atoms with Crippen molar-refractivity contribution in [3.63, 3.8) is 0 Å². The van der Waals surface area contributed by atoms with Crippen LogP contribution in [-0.4, -0.2) is 40.1 Å². The molecule has 0 radical (unpaired) electrons. The molecule has 8 bridgehead atoms. The third-order valence-corrected chi connectivity index (χ3v) is 31.4. The van der Waals surface area contributed by atoms with E-state index in [9.17, 15) is 10.2 Å². The van der Waals surface area contributed by atoms with Gasteiger partial charge in [-0.25, -0.2) is 0 Å². The summed E-state index contributed by atoms with van der Waals surface area (Å²) in [7, 11) is -5.10. The van der Waals surface area contributed by atoms with Gasteiger partial charge in [-0.2, -0.15) is 0 Å². The van der Waals surface area contributed by atoms with Crippen LogP contribution in [0.15, 0.2) is 87.7 Å². The Morgan fingerprint density at radius 3 is 0.712 bits per heavy atom. The number of phenolic OH excluding ortho intramolecular Hbond substituents is 2. The normalized spacial score (nSPS) is 15.2. The first-order valence-corrected chi connectivity index (χ1v) is 34.8. The van der Waals surface area contributed by atoms with Gasteiger partial charge < -0.3 is 23.8 Å². The van der Waals surface area contributed by atoms with Gasteiger partial charge in [0.15, 0.2) is 0 Å². The SMILES string of the molecule is C1CCOC1.CC(C)[Si](Oc1c2cc(C(C)(C)C)cc1Sc1cc(C(C)(C)C)cc(c1O)Sc1cc(C(C)(C)C)cc(c1O[Si](C(C)C)(C(C)C)C(C)C)Sc1cc(C(C)(C)C)cc(c1O)S2)(C(C)C)C(C)C. The van der Waals surface area contributed by atoms with Gasteiger partial charge in [-0.3, -0.25) is 0 Å². The smallest absolute Gasteiger partial charge is 0.258 e. The predicted octanol–water partition coefficient (Wildman–Crippen LogP) is 21.1. The molecule has 0 saturated carbocycles. The summed E-state index contributed by atoms with van der Waals surface area (Å²) in [6.45, 7) is 57.2. The van der Waals surface area contributed by atoms with Crippen LogP contribution >= 0.6 is 47.0 Å². The molecule has 0 atom stereocenters. The molecule has 2 heterocycles. The fraction of sp³-hybridized carbons (Fsp3) is 0.613. The molecule has 0 unspecified atom stereocenters. The fourth-order valence-corrected chi connectivity index (χ4v) is 26.3. The Kier molecular flexibility index (Phi) is 19.8. The van der Waals surface area contributed by atoms with Gasteiger partial charge in [0.25, 0.3) is 16.6 Å². The maximum atomic E-state index is 12.9. The molecule has 4 aromatic rings. The zero-order chi connectivity index (χ0) is 55.1. The minimum atomic E-state index is -2.55. The fourth-order valence-electron chi connectivity index (χ4n) is 10.9. The van der Waals surface area contributed by atoms with E-state index in [1.165, 1.54) is 24.0 Å². The minimum Gasteiger partial charge on any atom is -0.541 e. The molecule has 1 fully saturated rings. The average Bonchev–Trinajstić information content (AvgIpc) is 3.84. The molecule has 0 aromatic heterocycles. The van der Waals surface area contributed by atoms with Gasteiger partial charge in [-0.1, -0.05) is 213 Å². The van der Waals surface area contributed by atoms with Crippen molar-refractivity contribution >= 4 is 63.7 Å². The Hall–Kier alpha value is -2.13. The van der Waals surface area contributed by atoms with E-state index in [0.29, 0.717) is 33.2 Å². The lowest BCUT2D eigenvalue weighted by molar-refractivity contribution is 0.198. The molecular weight excluding hydrogens is 1010 g/mol. The molecule has 4 aromatic carbocycles. The lowest BCUT2D eigenvalue weighted by Crippen LogP contribution is -2.51. The van der Waals surface area contributed by atoms with Crippen molar-refractivity contribution in [3.05, 3.63) is 70.8 Å². The molecule has 0 amide bonds. The lowest BCUT2D eigenvalue weighted by atomic mass is 9.87. The van der Waals surface area contributed by atoms with Crippen LogP contribution < -0.4 is 8.85 Å². The van der Waals surface area contributed by atoms with Gasteiger partial charge in [-0.05, 0) is 139 Å². The quantitative estimate of drug-likeness (QED) is 0.133. The number of phenols is 2. The molecular formula is C62H96O5S4Si2. The summed E-state index contributed by atoms with van der Waals surface area (Å²) in [6, 6.07) is 18.1. The number of hydrogen-bond donors (Lipinski definition) is 2. The number of fused-ring (bicyclic) bond motifs is 8. The van der Waals surface area contributed by atoms with Gasteiger partial charge in [0, 0.05) is 13.2 Å². The second-order valence-corrected chi connectivity index (χ2v) is 41.9. The van der Waals surface area contributed by atoms with E-state index < -0.39 is 16.6 Å². The molecule has 6 rings (SSSR count). The summed E-state index contributed by atoms with van der Waals surface area (Å²) in [6.07, 6.45) is 2.56. The van der Waals surface area contributed by atoms with Crippen LogP contribution in [0.25, 0.3) is 0 Å². The first-order chi connectivity index (χ1) is 33.5. The molecule has 2 N–H and O–H groups in total. The molecule has 406 valence electrons. The Bertz CT molecular complexity index is 2230. The van der Waals surface area contributed by atoms with E-state index in [1.54, 1.807) is 47.0 Å². The highest BCUT2D eigenvalue weighted by molar-refractivity contribution is 8.01. The van der Waals surface area contributed by atoms with E-state index in [2.05, 4.69) is 215 Å². The first kappa shape index (κ1) is 61.7. The summed E-state index contributed by atoms with van der Waals surface area (Å²) in [4.78, 5) is 7.10. The number of hydrogen-bond acceptors (Lipinski definition) is 9. The summed E-state index contributed by atoms with van der Waals surface area (Å²) in [5.74, 6) is 2.22. The van der Waals surface area contributed by atoms with Crippen molar-refractivity contribution in [2.24, 2.45) is 0 Å². The molecule has 0 aliphatic carbocycles. The average molecular weight is 1110 g/mol. The minimum absolute atomic E-state index is 0.205. The van der Waals surface area contributed by atoms with Crippen LogP contribution in [-0.2, 0) is 26.4 Å². The van der Waals surface area contributed by atoms with Gasteiger partial charge in [0.1, 0.15) is 23.0 Å². The second kappa shape index (κ2) is 23.5. The van der Waals surface area contributed by atoms with Gasteiger partial charge in [0.2, 0.25) is 0 Å². The van der Waals surface area contributed by atoms with Crippen molar-refractivity contribution in [1.82, 2.24) is 0 Å². The number of ether oxygens (including phenoxy) is 1. The highest BCUT2D eigenvalue weighted by atomic mass is 32.2. The van der Waals surface area contributed by atoms with Crippen molar-refractivity contribution in [2.75, 3.05) is 13.2 Å². The highest BCUT2D eigenvalue weighted by Gasteiger charge is 2.49. The van der Waals surface area contributed by atoms with Gasteiger partial charge in [-0.15, -0.1) is 0 Å². The monoisotopic (exact) mass is 1100 g/mol. The first-order valence-electron chi connectivity index (χ1n) is 27.3. The van der Waals surface area contributed by atoms with Gasteiger partial charge in [0.05, 0.1) is 39.2 Å². The predicted molar refractivity (Wildman–Crippen MR) is 324 cm³/mol. The van der Waals surface area contributed by atoms with Crippen LogP contribution in [0.1, 0.15) is 201 Å². The van der Waals surface area contributed by atoms with Crippen LogP contribution in [0, 0.1) is 0 Å². The summed E-state index contributed by atoms with van der Waals surface area (Å²) < 4.78 is 20.7. The third-order valence-electron chi connectivity index (χ3n) is 15.3. The Balaban J connectivity index is 0.00000186. The molecule has 2 aliphatic rings. The highest BCUT2D eigenvalue weighted by Crippen LogP contribution is 2.58.